The summed E-state index contributed by atoms with van der Waals surface area (Å²) in [6.07, 6.45) is 1.64. The number of likely N-dealkylation sites (tertiary alicyclic amines) is 1. The zero-order chi connectivity index (χ0) is 11.8. The SMILES string of the molecule is COCC(O)CNCC(O)CN1CCCC1. The highest BCUT2D eigenvalue weighted by atomic mass is 16.5. The van der Waals surface area contributed by atoms with E-state index in [1.807, 2.05) is 0 Å². The van der Waals surface area contributed by atoms with E-state index in [-0.39, 0.29) is 6.10 Å². The molecule has 2 atom stereocenters. The highest BCUT2D eigenvalue weighted by Gasteiger charge is 2.15. The van der Waals surface area contributed by atoms with Gasteiger partial charge in [0.25, 0.3) is 0 Å². The lowest BCUT2D eigenvalue weighted by Crippen LogP contribution is -2.40. The van der Waals surface area contributed by atoms with Crippen molar-refractivity contribution in [3.63, 3.8) is 0 Å². The summed E-state index contributed by atoms with van der Waals surface area (Å²) < 4.78 is 4.81. The maximum Gasteiger partial charge on any atom is 0.0897 e. The van der Waals surface area contributed by atoms with Crippen molar-refractivity contribution in [2.24, 2.45) is 0 Å². The number of hydrogen-bond donors (Lipinski definition) is 3. The second-order valence-corrected chi connectivity index (χ2v) is 4.43. The van der Waals surface area contributed by atoms with Crippen LogP contribution in [0.5, 0.6) is 0 Å². The minimum absolute atomic E-state index is 0.329. The van der Waals surface area contributed by atoms with Crippen LogP contribution in [0.3, 0.4) is 0 Å². The third-order valence-electron chi connectivity index (χ3n) is 2.79. The first kappa shape index (κ1) is 13.9. The zero-order valence-electron chi connectivity index (χ0n) is 10.1. The number of hydrogen-bond acceptors (Lipinski definition) is 5. The fraction of sp³-hybridized carbons (Fsp3) is 1.00. The third-order valence-corrected chi connectivity index (χ3v) is 2.79. The van der Waals surface area contributed by atoms with E-state index in [0.717, 1.165) is 19.6 Å². The Morgan fingerprint density at radius 2 is 1.81 bits per heavy atom. The number of aliphatic hydroxyl groups is 2. The van der Waals surface area contributed by atoms with Crippen molar-refractivity contribution in [2.75, 3.05) is 46.4 Å². The number of nitrogens with zero attached hydrogens (tertiary/aromatic N) is 1. The van der Waals surface area contributed by atoms with Gasteiger partial charge in [0.1, 0.15) is 0 Å². The Kier molecular flexibility index (Phi) is 6.91. The molecule has 0 bridgehead atoms. The molecule has 1 aliphatic rings. The molecule has 1 saturated heterocycles. The summed E-state index contributed by atoms with van der Waals surface area (Å²) in [7, 11) is 1.56. The van der Waals surface area contributed by atoms with Crippen molar-refractivity contribution in [3.8, 4) is 0 Å². The highest BCUT2D eigenvalue weighted by molar-refractivity contribution is 4.72. The molecule has 3 N–H and O–H groups in total. The number of nitrogens with one attached hydrogen (secondary N) is 1. The minimum Gasteiger partial charge on any atom is -0.390 e. The monoisotopic (exact) mass is 232 g/mol. The second-order valence-electron chi connectivity index (χ2n) is 4.43. The van der Waals surface area contributed by atoms with E-state index in [2.05, 4.69) is 10.2 Å². The lowest BCUT2D eigenvalue weighted by atomic mass is 10.3. The van der Waals surface area contributed by atoms with E-state index < -0.39 is 6.10 Å². The average molecular weight is 232 g/mol. The fourth-order valence-corrected chi connectivity index (χ4v) is 2.00. The van der Waals surface area contributed by atoms with Crippen molar-refractivity contribution >= 4 is 0 Å². The van der Waals surface area contributed by atoms with Crippen molar-refractivity contribution in [2.45, 2.75) is 25.0 Å². The van der Waals surface area contributed by atoms with E-state index in [9.17, 15) is 10.2 Å². The van der Waals surface area contributed by atoms with Gasteiger partial charge in [-0.1, -0.05) is 0 Å². The van der Waals surface area contributed by atoms with Gasteiger partial charge in [0.15, 0.2) is 0 Å². The van der Waals surface area contributed by atoms with Gasteiger partial charge in [0, 0.05) is 26.7 Å². The first-order valence-corrected chi connectivity index (χ1v) is 6.00. The minimum atomic E-state index is -0.496. The van der Waals surface area contributed by atoms with Gasteiger partial charge >= 0.3 is 0 Å². The number of rotatable bonds is 8. The maximum absolute atomic E-state index is 9.74. The normalized spacial score (nSPS) is 21.2. The molecule has 1 heterocycles. The summed E-state index contributed by atoms with van der Waals surface area (Å²) in [6.45, 7) is 4.25. The van der Waals surface area contributed by atoms with Crippen molar-refractivity contribution in [1.29, 1.82) is 0 Å². The molecule has 0 aromatic rings. The van der Waals surface area contributed by atoms with Crippen LogP contribution >= 0.6 is 0 Å². The van der Waals surface area contributed by atoms with Gasteiger partial charge in [-0.2, -0.15) is 0 Å². The standard InChI is InChI=1S/C11H24N2O3/c1-16-9-11(15)7-12-6-10(14)8-13-4-2-3-5-13/h10-12,14-15H,2-9H2,1H3. The Balaban J connectivity index is 1.98. The lowest BCUT2D eigenvalue weighted by Gasteiger charge is -2.20. The summed E-state index contributed by atoms with van der Waals surface area (Å²) in [6, 6.07) is 0. The van der Waals surface area contributed by atoms with Gasteiger partial charge in [0.2, 0.25) is 0 Å². The van der Waals surface area contributed by atoms with Gasteiger partial charge in [-0.3, -0.25) is 0 Å². The van der Waals surface area contributed by atoms with Crippen molar-refractivity contribution in [1.82, 2.24) is 10.2 Å². The first-order valence-electron chi connectivity index (χ1n) is 6.00. The van der Waals surface area contributed by atoms with Crippen LogP contribution in [0.1, 0.15) is 12.8 Å². The van der Waals surface area contributed by atoms with Gasteiger partial charge in [-0.05, 0) is 25.9 Å². The predicted octanol–water partition coefficient (Wildman–Crippen LogP) is -0.960. The quantitative estimate of drug-likeness (QED) is 0.503. The summed E-state index contributed by atoms with van der Waals surface area (Å²) in [5, 5.41) is 22.1. The average Bonchev–Trinajstić information content (AvgIpc) is 2.70. The molecular formula is C11H24N2O3. The van der Waals surface area contributed by atoms with Crippen LogP contribution < -0.4 is 5.32 Å². The molecular weight excluding hydrogens is 208 g/mol. The van der Waals surface area contributed by atoms with Crippen LogP contribution in [0.2, 0.25) is 0 Å². The molecule has 0 aromatic carbocycles. The molecule has 0 spiro atoms. The fourth-order valence-electron chi connectivity index (χ4n) is 2.00. The molecule has 0 aliphatic carbocycles. The summed E-state index contributed by atoms with van der Waals surface area (Å²) in [5.41, 5.74) is 0. The van der Waals surface area contributed by atoms with Gasteiger partial charge in [0.05, 0.1) is 18.8 Å². The molecule has 1 fully saturated rings. The molecule has 1 aliphatic heterocycles. The molecule has 0 saturated carbocycles. The van der Waals surface area contributed by atoms with E-state index in [0.29, 0.717) is 19.7 Å². The number of methoxy groups -OCH3 is 1. The van der Waals surface area contributed by atoms with E-state index >= 15 is 0 Å². The lowest BCUT2D eigenvalue weighted by molar-refractivity contribution is 0.0598. The van der Waals surface area contributed by atoms with Crippen molar-refractivity contribution in [3.05, 3.63) is 0 Å². The molecule has 5 heteroatoms. The summed E-state index contributed by atoms with van der Waals surface area (Å²) >= 11 is 0. The molecule has 1 rings (SSSR count). The number of β-amino-alcohol motifs (C(OH)–C–C–N with tert-alkyl or cyclic N) is 1. The first-order chi connectivity index (χ1) is 7.72. The molecule has 0 aromatic heterocycles. The third kappa shape index (κ3) is 5.77. The summed E-state index contributed by atoms with van der Waals surface area (Å²) in [5.74, 6) is 0. The van der Waals surface area contributed by atoms with E-state index in [1.54, 1.807) is 7.11 Å². The molecule has 16 heavy (non-hydrogen) atoms. The van der Waals surface area contributed by atoms with Gasteiger partial charge in [-0.15, -0.1) is 0 Å². The van der Waals surface area contributed by atoms with Crippen LogP contribution in [-0.4, -0.2) is 73.8 Å². The Morgan fingerprint density at radius 3 is 2.44 bits per heavy atom. The van der Waals surface area contributed by atoms with Gasteiger partial charge < -0.3 is 25.2 Å². The summed E-state index contributed by atoms with van der Waals surface area (Å²) in [4.78, 5) is 2.28. The maximum atomic E-state index is 9.74. The van der Waals surface area contributed by atoms with E-state index in [1.165, 1.54) is 12.8 Å². The smallest absolute Gasteiger partial charge is 0.0897 e. The predicted molar refractivity (Wildman–Crippen MR) is 62.4 cm³/mol. The largest absolute Gasteiger partial charge is 0.390 e. The Labute approximate surface area is 97.4 Å². The number of ether oxygens (including phenoxy) is 1. The Morgan fingerprint density at radius 1 is 1.19 bits per heavy atom. The van der Waals surface area contributed by atoms with Crippen LogP contribution in [0.4, 0.5) is 0 Å². The zero-order valence-corrected chi connectivity index (χ0v) is 10.1. The van der Waals surface area contributed by atoms with Crippen LogP contribution in [0.15, 0.2) is 0 Å². The Hall–Kier alpha value is -0.200. The van der Waals surface area contributed by atoms with Crippen molar-refractivity contribution < 1.29 is 14.9 Å². The molecule has 5 nitrogen and oxygen atoms in total. The molecule has 0 radical (unpaired) electrons. The van der Waals surface area contributed by atoms with E-state index in [4.69, 9.17) is 4.74 Å². The molecule has 96 valence electrons. The molecule has 0 amide bonds. The Bertz CT molecular complexity index is 175. The van der Waals surface area contributed by atoms with Crippen LogP contribution in [-0.2, 0) is 4.74 Å². The van der Waals surface area contributed by atoms with Crippen LogP contribution in [0, 0.1) is 0 Å². The van der Waals surface area contributed by atoms with Gasteiger partial charge in [-0.25, -0.2) is 0 Å². The van der Waals surface area contributed by atoms with Crippen LogP contribution in [0.25, 0.3) is 0 Å². The molecule has 2 unspecified atom stereocenters. The topological polar surface area (TPSA) is 65.0 Å². The second kappa shape index (κ2) is 7.97. The highest BCUT2D eigenvalue weighted by Crippen LogP contribution is 2.07. The number of aliphatic hydroxyl groups excluding tert-OH is 2.